The highest BCUT2D eigenvalue weighted by Gasteiger charge is 2.68. The topological polar surface area (TPSA) is 50.8 Å². The van der Waals surface area contributed by atoms with E-state index in [0.29, 0.717) is 11.8 Å². The first-order chi connectivity index (χ1) is 13.7. The molecule has 2 aliphatic carbocycles. The van der Waals surface area contributed by atoms with E-state index in [9.17, 15) is 4.79 Å². The Labute approximate surface area is 175 Å². The molecule has 5 atom stereocenters. The van der Waals surface area contributed by atoms with Crippen molar-refractivity contribution in [3.63, 3.8) is 0 Å². The second-order valence-corrected chi connectivity index (χ2v) is 10.3. The van der Waals surface area contributed by atoms with E-state index < -0.39 is 0 Å². The molecule has 1 aromatic rings. The Morgan fingerprint density at radius 2 is 2.10 bits per heavy atom. The zero-order chi connectivity index (χ0) is 21.0. The SMILES string of the molecule is COc1ccc([C@H]2OCC[C@@]34C[C@@H](C[C@H]23)C(C)(C)[C@@H]4NC(C)=O)cc1CN(C)C. The molecule has 0 unspecified atom stereocenters. The van der Waals surface area contributed by atoms with Gasteiger partial charge in [-0.05, 0) is 73.7 Å². The summed E-state index contributed by atoms with van der Waals surface area (Å²) in [6, 6.07) is 6.75. The minimum atomic E-state index is 0.0875. The highest BCUT2D eigenvalue weighted by Crippen LogP contribution is 2.70. The van der Waals surface area contributed by atoms with E-state index in [0.717, 1.165) is 25.3 Å². The quantitative estimate of drug-likeness (QED) is 0.817. The van der Waals surface area contributed by atoms with Crippen LogP contribution in [0, 0.1) is 22.7 Å². The monoisotopic (exact) mass is 400 g/mol. The van der Waals surface area contributed by atoms with E-state index in [1.54, 1.807) is 14.0 Å². The molecule has 160 valence electrons. The number of hydrogen-bond donors (Lipinski definition) is 1. The lowest BCUT2D eigenvalue weighted by atomic mass is 9.59. The van der Waals surface area contributed by atoms with Crippen LogP contribution in [0.3, 0.4) is 0 Å². The summed E-state index contributed by atoms with van der Waals surface area (Å²) in [4.78, 5) is 14.2. The molecule has 1 aliphatic heterocycles. The summed E-state index contributed by atoms with van der Waals surface area (Å²) in [6.07, 6.45) is 3.52. The van der Waals surface area contributed by atoms with E-state index in [-0.39, 0.29) is 28.9 Å². The van der Waals surface area contributed by atoms with Gasteiger partial charge in [0.25, 0.3) is 0 Å². The number of nitrogens with zero attached hydrogens (tertiary/aromatic N) is 1. The van der Waals surface area contributed by atoms with Crippen LogP contribution >= 0.6 is 0 Å². The van der Waals surface area contributed by atoms with Gasteiger partial charge in [0.1, 0.15) is 5.75 Å². The predicted molar refractivity (Wildman–Crippen MR) is 114 cm³/mol. The fourth-order valence-electron chi connectivity index (χ4n) is 6.76. The number of nitrogens with one attached hydrogen (secondary N) is 1. The van der Waals surface area contributed by atoms with Crippen LogP contribution in [-0.4, -0.2) is 44.7 Å². The molecule has 1 aromatic carbocycles. The minimum absolute atomic E-state index is 0.0875. The Balaban J connectivity index is 1.69. The van der Waals surface area contributed by atoms with Crippen molar-refractivity contribution in [2.24, 2.45) is 22.7 Å². The smallest absolute Gasteiger partial charge is 0.217 e. The Kier molecular flexibility index (Phi) is 5.19. The number of benzene rings is 1. The van der Waals surface area contributed by atoms with Gasteiger partial charge in [0, 0.05) is 31.7 Å². The molecule has 29 heavy (non-hydrogen) atoms. The molecule has 2 saturated carbocycles. The van der Waals surface area contributed by atoms with Crippen molar-refractivity contribution in [3.8, 4) is 5.75 Å². The van der Waals surface area contributed by atoms with Crippen LogP contribution in [0.4, 0.5) is 0 Å². The number of amides is 1. The molecule has 1 N–H and O–H groups in total. The van der Waals surface area contributed by atoms with E-state index in [1.165, 1.54) is 24.0 Å². The van der Waals surface area contributed by atoms with E-state index in [4.69, 9.17) is 9.47 Å². The molecule has 0 radical (unpaired) electrons. The molecule has 5 heteroatoms. The van der Waals surface area contributed by atoms with Crippen LogP contribution in [-0.2, 0) is 16.1 Å². The average Bonchev–Trinajstić information content (AvgIpc) is 3.13. The highest BCUT2D eigenvalue weighted by molar-refractivity contribution is 5.73. The lowest BCUT2D eigenvalue weighted by molar-refractivity contribution is -0.136. The lowest BCUT2D eigenvalue weighted by Gasteiger charge is -2.53. The Bertz CT molecular complexity index is 790. The van der Waals surface area contributed by atoms with Crippen LogP contribution in [0.15, 0.2) is 18.2 Å². The van der Waals surface area contributed by atoms with Crippen molar-refractivity contribution >= 4 is 5.91 Å². The van der Waals surface area contributed by atoms with Gasteiger partial charge in [0.15, 0.2) is 0 Å². The molecule has 1 saturated heterocycles. The highest BCUT2D eigenvalue weighted by atomic mass is 16.5. The van der Waals surface area contributed by atoms with Gasteiger partial charge in [-0.15, -0.1) is 0 Å². The van der Waals surface area contributed by atoms with E-state index in [1.807, 2.05) is 0 Å². The van der Waals surface area contributed by atoms with Crippen LogP contribution in [0.1, 0.15) is 57.3 Å². The number of hydrogen-bond acceptors (Lipinski definition) is 4. The van der Waals surface area contributed by atoms with Gasteiger partial charge in [-0.2, -0.15) is 0 Å². The van der Waals surface area contributed by atoms with Gasteiger partial charge >= 0.3 is 0 Å². The molecule has 3 aliphatic rings. The van der Waals surface area contributed by atoms with Crippen molar-refractivity contribution in [1.82, 2.24) is 10.2 Å². The van der Waals surface area contributed by atoms with Crippen LogP contribution < -0.4 is 10.1 Å². The van der Waals surface area contributed by atoms with E-state index in [2.05, 4.69) is 56.4 Å². The first-order valence-corrected chi connectivity index (χ1v) is 10.9. The number of carbonyl (C=O) groups excluding carboxylic acids is 1. The van der Waals surface area contributed by atoms with Gasteiger partial charge < -0.3 is 19.7 Å². The molecule has 1 heterocycles. The molecule has 3 fully saturated rings. The Hall–Kier alpha value is -1.59. The molecule has 5 nitrogen and oxygen atoms in total. The van der Waals surface area contributed by atoms with Crippen LogP contribution in [0.2, 0.25) is 0 Å². The molecular weight excluding hydrogens is 364 g/mol. The maximum atomic E-state index is 12.0. The summed E-state index contributed by atoms with van der Waals surface area (Å²) in [6.45, 7) is 7.94. The molecule has 1 amide bonds. The molecule has 1 spiro atoms. The summed E-state index contributed by atoms with van der Waals surface area (Å²) >= 11 is 0. The normalized spacial score (nSPS) is 34.9. The second-order valence-electron chi connectivity index (χ2n) is 10.3. The zero-order valence-electron chi connectivity index (χ0n) is 18.7. The number of carbonyl (C=O) groups is 1. The molecular formula is C24H36N2O3. The number of methoxy groups -OCH3 is 1. The fourth-order valence-corrected chi connectivity index (χ4v) is 6.76. The van der Waals surface area contributed by atoms with Crippen molar-refractivity contribution in [2.45, 2.75) is 58.7 Å². The number of rotatable bonds is 5. The third-order valence-corrected chi connectivity index (χ3v) is 7.97. The third-order valence-electron chi connectivity index (χ3n) is 7.97. The largest absolute Gasteiger partial charge is 0.496 e. The van der Waals surface area contributed by atoms with Crippen LogP contribution in [0.5, 0.6) is 5.75 Å². The van der Waals surface area contributed by atoms with Crippen molar-refractivity contribution in [2.75, 3.05) is 27.8 Å². The standard InChI is InChI=1S/C24H36N2O3/c1-15(27)25-22-23(2,3)18-12-19-21(29-10-9-24(19,22)13-18)16-7-8-20(28-6)17(11-16)14-26(4)5/h7-8,11,18-19,21-22H,9-10,12-14H2,1-6H3,(H,25,27)/t18-,19-,21-,22+,24-/m1/s1. The van der Waals surface area contributed by atoms with Crippen molar-refractivity contribution < 1.29 is 14.3 Å². The molecule has 2 bridgehead atoms. The van der Waals surface area contributed by atoms with E-state index >= 15 is 0 Å². The zero-order valence-corrected chi connectivity index (χ0v) is 18.7. The number of ether oxygens (including phenoxy) is 2. The van der Waals surface area contributed by atoms with Gasteiger partial charge in [-0.3, -0.25) is 4.79 Å². The van der Waals surface area contributed by atoms with Gasteiger partial charge in [0.05, 0.1) is 13.2 Å². The summed E-state index contributed by atoms with van der Waals surface area (Å²) in [5.74, 6) is 2.10. The summed E-state index contributed by atoms with van der Waals surface area (Å²) in [5.41, 5.74) is 2.73. The maximum absolute atomic E-state index is 12.0. The average molecular weight is 401 g/mol. The van der Waals surface area contributed by atoms with Crippen molar-refractivity contribution in [1.29, 1.82) is 0 Å². The summed E-state index contributed by atoms with van der Waals surface area (Å²) in [7, 11) is 5.89. The summed E-state index contributed by atoms with van der Waals surface area (Å²) in [5, 5.41) is 3.36. The van der Waals surface area contributed by atoms with Gasteiger partial charge in [-0.1, -0.05) is 19.9 Å². The fraction of sp³-hybridized carbons (Fsp3) is 0.708. The van der Waals surface area contributed by atoms with Gasteiger partial charge in [-0.25, -0.2) is 0 Å². The maximum Gasteiger partial charge on any atom is 0.217 e. The number of fused-ring (bicyclic) bond motifs is 1. The molecule has 0 aromatic heterocycles. The molecule has 4 rings (SSSR count). The minimum Gasteiger partial charge on any atom is -0.496 e. The Morgan fingerprint density at radius 1 is 1.34 bits per heavy atom. The first kappa shape index (κ1) is 20.7. The third kappa shape index (κ3) is 3.27. The predicted octanol–water partition coefficient (Wildman–Crippen LogP) is 3.78. The lowest BCUT2D eigenvalue weighted by Crippen LogP contribution is -2.58. The second kappa shape index (κ2) is 7.28. The Morgan fingerprint density at radius 3 is 2.76 bits per heavy atom. The van der Waals surface area contributed by atoms with Crippen LogP contribution in [0.25, 0.3) is 0 Å². The van der Waals surface area contributed by atoms with Crippen molar-refractivity contribution in [3.05, 3.63) is 29.3 Å². The summed E-state index contributed by atoms with van der Waals surface area (Å²) < 4.78 is 12.0. The first-order valence-electron chi connectivity index (χ1n) is 10.9. The van der Waals surface area contributed by atoms with Gasteiger partial charge in [0.2, 0.25) is 5.91 Å².